The molecule has 1 saturated heterocycles. The number of hydrogen-bond acceptors (Lipinski definition) is 3. The zero-order valence-electron chi connectivity index (χ0n) is 14.8. The Morgan fingerprint density at radius 3 is 2.21 bits per heavy atom. The van der Waals surface area contributed by atoms with Crippen LogP contribution in [0.1, 0.15) is 23.7 Å². The molecule has 0 spiro atoms. The van der Waals surface area contributed by atoms with Crippen LogP contribution in [0.2, 0.25) is 0 Å². The molecule has 0 saturated carbocycles. The van der Waals surface area contributed by atoms with Crippen molar-refractivity contribution in [3.8, 4) is 0 Å². The summed E-state index contributed by atoms with van der Waals surface area (Å²) in [6, 6.07) is 9.58. The number of rotatable bonds is 6. The Kier molecular flexibility index (Phi) is 5.77. The summed E-state index contributed by atoms with van der Waals surface area (Å²) in [5.41, 5.74) is 0.566. The largest absolute Gasteiger partial charge is 0.333 e. The van der Waals surface area contributed by atoms with Crippen molar-refractivity contribution < 1.29 is 27.6 Å². The van der Waals surface area contributed by atoms with Gasteiger partial charge in [-0.15, -0.1) is 0 Å². The molecule has 0 aromatic heterocycles. The maximum Gasteiger partial charge on any atom is 0.333 e. The van der Waals surface area contributed by atoms with Gasteiger partial charge in [-0.2, -0.15) is 0 Å². The molecule has 0 N–H and O–H groups in total. The van der Waals surface area contributed by atoms with Gasteiger partial charge in [0.15, 0.2) is 0 Å². The van der Waals surface area contributed by atoms with E-state index in [1.165, 1.54) is 30.3 Å². The second-order valence-electron chi connectivity index (χ2n) is 6.41. The molecule has 0 radical (unpaired) electrons. The maximum absolute atomic E-state index is 14.5. The summed E-state index contributed by atoms with van der Waals surface area (Å²) in [5.74, 6) is -2.58. The zero-order chi connectivity index (χ0) is 20.3. The molecule has 2 aromatic rings. The number of urea groups is 1. The van der Waals surface area contributed by atoms with Crippen molar-refractivity contribution in [3.05, 3.63) is 71.3 Å². The van der Waals surface area contributed by atoms with Crippen LogP contribution in [0, 0.1) is 11.6 Å². The monoisotopic (exact) mass is 390 g/mol. The molecule has 1 aliphatic heterocycles. The van der Waals surface area contributed by atoms with Crippen molar-refractivity contribution in [3.63, 3.8) is 0 Å². The molecule has 2 aromatic carbocycles. The van der Waals surface area contributed by atoms with Gasteiger partial charge in [0, 0.05) is 6.54 Å². The summed E-state index contributed by atoms with van der Waals surface area (Å²) in [6.07, 6.45) is -2.16. The number of halogens is 3. The predicted octanol–water partition coefficient (Wildman–Crippen LogP) is 3.40. The highest BCUT2D eigenvalue weighted by atomic mass is 19.1. The first-order valence-corrected chi connectivity index (χ1v) is 8.64. The van der Waals surface area contributed by atoms with Crippen LogP contribution in [0.3, 0.4) is 0 Å². The van der Waals surface area contributed by atoms with E-state index in [1.54, 1.807) is 6.07 Å². The third-order valence-electron chi connectivity index (χ3n) is 4.43. The fraction of sp³-hybridized carbons (Fsp3) is 0.250. The predicted molar refractivity (Wildman–Crippen MR) is 93.8 cm³/mol. The van der Waals surface area contributed by atoms with Gasteiger partial charge in [-0.05, 0) is 41.8 Å². The number of nitrogens with zero attached hydrogens (tertiary/aromatic N) is 2. The molecule has 8 heteroatoms. The van der Waals surface area contributed by atoms with Gasteiger partial charge in [-0.1, -0.05) is 24.3 Å². The number of alkyl halides is 1. The number of imide groups is 2. The third kappa shape index (κ3) is 4.39. The van der Waals surface area contributed by atoms with Crippen LogP contribution in [0.4, 0.5) is 18.0 Å². The number of carbonyl (C=O) groups excluding carboxylic acids is 3. The Balaban J connectivity index is 1.70. The Morgan fingerprint density at radius 2 is 1.54 bits per heavy atom. The van der Waals surface area contributed by atoms with Crippen LogP contribution in [0.5, 0.6) is 0 Å². The molecular formula is C20H17F3N2O3. The molecule has 1 atom stereocenters. The van der Waals surface area contributed by atoms with E-state index in [9.17, 15) is 27.6 Å². The minimum Gasteiger partial charge on any atom is -0.274 e. The quantitative estimate of drug-likeness (QED) is 0.711. The Morgan fingerprint density at radius 1 is 0.893 bits per heavy atom. The molecule has 1 unspecified atom stereocenters. The number of carbonyl (C=O) groups is 3. The first-order valence-electron chi connectivity index (χ1n) is 8.64. The van der Waals surface area contributed by atoms with E-state index in [4.69, 9.17) is 0 Å². The second-order valence-corrected chi connectivity index (χ2v) is 6.41. The lowest BCUT2D eigenvalue weighted by molar-refractivity contribution is -0.143. The SMILES string of the molecule is O=C1CC(=O)N(CC(F)c2cccc(F)c2)C(=O)N1CCc1cccc(F)c1. The van der Waals surface area contributed by atoms with Crippen LogP contribution in [0.25, 0.3) is 0 Å². The van der Waals surface area contributed by atoms with Gasteiger partial charge >= 0.3 is 6.03 Å². The van der Waals surface area contributed by atoms with Gasteiger partial charge in [0.05, 0.1) is 6.54 Å². The first-order chi connectivity index (χ1) is 13.3. The summed E-state index contributed by atoms with van der Waals surface area (Å²) in [7, 11) is 0. The summed E-state index contributed by atoms with van der Waals surface area (Å²) >= 11 is 0. The molecule has 3 rings (SSSR count). The van der Waals surface area contributed by atoms with Crippen LogP contribution < -0.4 is 0 Å². The minimum absolute atomic E-state index is 0.0104. The summed E-state index contributed by atoms with van der Waals surface area (Å²) in [5, 5.41) is 0. The normalized spacial score (nSPS) is 15.9. The molecule has 1 aliphatic rings. The highest BCUT2D eigenvalue weighted by molar-refractivity contribution is 6.14. The fourth-order valence-electron chi connectivity index (χ4n) is 2.98. The van der Waals surface area contributed by atoms with E-state index in [0.717, 1.165) is 17.0 Å². The van der Waals surface area contributed by atoms with Crippen molar-refractivity contribution in [1.29, 1.82) is 0 Å². The standard InChI is InChI=1S/C20H17F3N2O3/c21-15-5-1-3-13(9-15)7-8-24-18(26)11-19(27)25(20(24)28)12-17(23)14-4-2-6-16(22)10-14/h1-6,9-10,17H,7-8,11-12H2. The van der Waals surface area contributed by atoms with Gasteiger partial charge < -0.3 is 0 Å². The van der Waals surface area contributed by atoms with E-state index in [1.807, 2.05) is 0 Å². The van der Waals surface area contributed by atoms with Crippen molar-refractivity contribution in [2.24, 2.45) is 0 Å². The Bertz CT molecular complexity index is 919. The summed E-state index contributed by atoms with van der Waals surface area (Å²) < 4.78 is 41.0. The van der Waals surface area contributed by atoms with Gasteiger partial charge in [0.25, 0.3) is 0 Å². The molecule has 0 aliphatic carbocycles. The lowest BCUT2D eigenvalue weighted by Gasteiger charge is -2.33. The Hall–Kier alpha value is -3.16. The van der Waals surface area contributed by atoms with Crippen LogP contribution in [-0.2, 0) is 16.0 Å². The molecule has 5 nitrogen and oxygen atoms in total. The molecule has 1 heterocycles. The first kappa shape index (κ1) is 19.6. The number of hydrogen-bond donors (Lipinski definition) is 0. The van der Waals surface area contributed by atoms with Gasteiger partial charge in [0.1, 0.15) is 24.2 Å². The highest BCUT2D eigenvalue weighted by Crippen LogP contribution is 2.23. The number of barbiturate groups is 1. The molecule has 4 amide bonds. The van der Waals surface area contributed by atoms with Crippen molar-refractivity contribution in [2.75, 3.05) is 13.1 Å². The Labute approximate surface area is 159 Å². The zero-order valence-corrected chi connectivity index (χ0v) is 14.8. The summed E-state index contributed by atoms with van der Waals surface area (Å²) in [6.45, 7) is -0.688. The van der Waals surface area contributed by atoms with E-state index in [2.05, 4.69) is 0 Å². The van der Waals surface area contributed by atoms with E-state index >= 15 is 0 Å². The molecule has 0 bridgehead atoms. The minimum atomic E-state index is -1.79. The highest BCUT2D eigenvalue weighted by Gasteiger charge is 2.38. The number of benzene rings is 2. The average Bonchev–Trinajstić information content (AvgIpc) is 2.64. The van der Waals surface area contributed by atoms with Gasteiger partial charge in [0.2, 0.25) is 11.8 Å². The van der Waals surface area contributed by atoms with Gasteiger partial charge in [-0.25, -0.2) is 18.0 Å². The lowest BCUT2D eigenvalue weighted by atomic mass is 10.1. The second kappa shape index (κ2) is 8.24. The molecule has 1 fully saturated rings. The smallest absolute Gasteiger partial charge is 0.274 e. The van der Waals surface area contributed by atoms with Crippen LogP contribution in [-0.4, -0.2) is 40.7 Å². The van der Waals surface area contributed by atoms with Crippen LogP contribution >= 0.6 is 0 Å². The van der Waals surface area contributed by atoms with Crippen molar-refractivity contribution >= 4 is 17.8 Å². The van der Waals surface area contributed by atoms with Crippen molar-refractivity contribution in [1.82, 2.24) is 9.80 Å². The average molecular weight is 390 g/mol. The third-order valence-corrected chi connectivity index (χ3v) is 4.43. The van der Waals surface area contributed by atoms with E-state index in [-0.39, 0.29) is 18.5 Å². The topological polar surface area (TPSA) is 57.7 Å². The molecular weight excluding hydrogens is 373 g/mol. The van der Waals surface area contributed by atoms with Crippen LogP contribution in [0.15, 0.2) is 48.5 Å². The maximum atomic E-state index is 14.5. The summed E-state index contributed by atoms with van der Waals surface area (Å²) in [4.78, 5) is 38.2. The van der Waals surface area contributed by atoms with E-state index in [0.29, 0.717) is 10.5 Å². The van der Waals surface area contributed by atoms with E-state index < -0.39 is 48.6 Å². The number of amides is 4. The van der Waals surface area contributed by atoms with Crippen molar-refractivity contribution in [2.45, 2.75) is 19.0 Å². The fourth-order valence-corrected chi connectivity index (χ4v) is 2.98. The van der Waals surface area contributed by atoms with Gasteiger partial charge in [-0.3, -0.25) is 19.4 Å². The molecule has 28 heavy (non-hydrogen) atoms. The molecule has 146 valence electrons. The lowest BCUT2D eigenvalue weighted by Crippen LogP contribution is -2.56.